The van der Waals surface area contributed by atoms with Crippen LogP contribution in [0.1, 0.15) is 31.4 Å². The Hall–Kier alpha value is -1.64. The maximum Gasteiger partial charge on any atom is 0.0641 e. The summed E-state index contributed by atoms with van der Waals surface area (Å²) in [5.74, 6) is 0. The minimum Gasteiger partial charge on any atom is -0.398 e. The Kier molecular flexibility index (Phi) is 4.74. The van der Waals surface area contributed by atoms with Gasteiger partial charge in [-0.3, -0.25) is 0 Å². The summed E-state index contributed by atoms with van der Waals surface area (Å²) in [7, 11) is 0. The van der Waals surface area contributed by atoms with Crippen molar-refractivity contribution in [3.63, 3.8) is 0 Å². The molecule has 0 aliphatic rings. The number of allylic oxidation sites excluding steroid dienone is 1. The molecule has 0 unspecified atom stereocenters. The van der Waals surface area contributed by atoms with Crippen LogP contribution in [-0.2, 0) is 5.41 Å². The van der Waals surface area contributed by atoms with E-state index >= 15 is 0 Å². The Bertz CT molecular complexity index is 721. The van der Waals surface area contributed by atoms with Crippen LogP contribution in [0.2, 0.25) is 10.0 Å². The predicted molar refractivity (Wildman–Crippen MR) is 98.4 cm³/mol. The molecule has 0 aromatic heterocycles. The molecular weight excluding hydrogens is 315 g/mol. The lowest BCUT2D eigenvalue weighted by atomic mass is 9.78. The molecule has 0 fully saturated rings. The number of hydrogen-bond donors (Lipinski definition) is 2. The Morgan fingerprint density at radius 1 is 1.00 bits per heavy atom. The van der Waals surface area contributed by atoms with Crippen LogP contribution in [-0.4, -0.2) is 0 Å². The predicted octanol–water partition coefficient (Wildman–Crippen LogP) is 5.54. The van der Waals surface area contributed by atoms with Gasteiger partial charge in [0.1, 0.15) is 0 Å². The van der Waals surface area contributed by atoms with Crippen LogP contribution >= 0.6 is 23.2 Å². The molecule has 0 saturated carbocycles. The van der Waals surface area contributed by atoms with Crippen molar-refractivity contribution in [1.82, 2.24) is 0 Å². The number of halogens is 2. The van der Waals surface area contributed by atoms with Gasteiger partial charge in [0.2, 0.25) is 0 Å². The van der Waals surface area contributed by atoms with Crippen molar-refractivity contribution in [1.29, 1.82) is 0 Å². The van der Waals surface area contributed by atoms with Gasteiger partial charge in [0.05, 0.1) is 21.4 Å². The second kappa shape index (κ2) is 6.23. The minimum atomic E-state index is -0.123. The monoisotopic (exact) mass is 334 g/mol. The van der Waals surface area contributed by atoms with E-state index in [0.717, 1.165) is 23.1 Å². The molecule has 0 saturated heterocycles. The van der Waals surface area contributed by atoms with Crippen LogP contribution in [0.4, 0.5) is 11.4 Å². The molecular formula is C18H20Cl2N2. The first-order valence-electron chi connectivity index (χ1n) is 6.99. The van der Waals surface area contributed by atoms with E-state index in [2.05, 4.69) is 20.4 Å². The summed E-state index contributed by atoms with van der Waals surface area (Å²) >= 11 is 12.2. The quantitative estimate of drug-likeness (QED) is 0.721. The molecule has 0 spiro atoms. The molecule has 0 bridgehead atoms. The number of hydrogen-bond acceptors (Lipinski definition) is 2. The van der Waals surface area contributed by atoms with Crippen molar-refractivity contribution in [3.8, 4) is 0 Å². The van der Waals surface area contributed by atoms with Gasteiger partial charge in [-0.2, -0.15) is 0 Å². The topological polar surface area (TPSA) is 52.0 Å². The molecule has 0 atom stereocenters. The summed E-state index contributed by atoms with van der Waals surface area (Å²) in [4.78, 5) is 0. The van der Waals surface area contributed by atoms with E-state index in [0.29, 0.717) is 21.4 Å². The summed E-state index contributed by atoms with van der Waals surface area (Å²) in [6.07, 6.45) is 0.771. The second-order valence-electron chi connectivity index (χ2n) is 6.14. The number of benzene rings is 2. The van der Waals surface area contributed by atoms with Crippen molar-refractivity contribution >= 4 is 40.1 Å². The highest BCUT2D eigenvalue weighted by molar-refractivity contribution is 6.33. The first-order chi connectivity index (χ1) is 10.2. The average molecular weight is 335 g/mol. The van der Waals surface area contributed by atoms with Gasteiger partial charge in [0, 0.05) is 0 Å². The fourth-order valence-corrected chi connectivity index (χ4v) is 2.79. The molecule has 4 heteroatoms. The third kappa shape index (κ3) is 3.57. The van der Waals surface area contributed by atoms with Crippen molar-refractivity contribution in [2.75, 3.05) is 11.5 Å². The van der Waals surface area contributed by atoms with E-state index in [1.165, 1.54) is 0 Å². The highest BCUT2D eigenvalue weighted by Gasteiger charge is 2.23. The summed E-state index contributed by atoms with van der Waals surface area (Å²) in [5, 5.41) is 1.12. The molecule has 0 aliphatic heterocycles. The Morgan fingerprint density at radius 3 is 2.09 bits per heavy atom. The van der Waals surface area contributed by atoms with E-state index in [9.17, 15) is 0 Å². The standard InChI is InChI=1S/C18H20Cl2N2/c1-11(12-4-6-16(21)14(19)8-12)10-18(2,3)13-5-7-17(22)15(20)9-13/h4-9H,1,10,21-22H2,2-3H3. The van der Waals surface area contributed by atoms with Gasteiger partial charge in [0.25, 0.3) is 0 Å². The van der Waals surface area contributed by atoms with E-state index in [1.54, 1.807) is 6.07 Å². The maximum atomic E-state index is 6.13. The Balaban J connectivity index is 2.25. The molecule has 2 nitrogen and oxygen atoms in total. The number of nitrogens with two attached hydrogens (primary N) is 2. The molecule has 2 aromatic rings. The van der Waals surface area contributed by atoms with Crippen LogP contribution in [0, 0.1) is 0 Å². The zero-order chi connectivity index (χ0) is 16.5. The van der Waals surface area contributed by atoms with Crippen molar-refractivity contribution in [3.05, 3.63) is 64.1 Å². The highest BCUT2D eigenvalue weighted by atomic mass is 35.5. The molecule has 0 radical (unpaired) electrons. The Morgan fingerprint density at radius 2 is 1.55 bits per heavy atom. The number of anilines is 2. The minimum absolute atomic E-state index is 0.123. The first-order valence-corrected chi connectivity index (χ1v) is 7.75. The molecule has 2 aromatic carbocycles. The maximum absolute atomic E-state index is 6.13. The molecule has 4 N–H and O–H groups in total. The number of rotatable bonds is 4. The normalized spacial score (nSPS) is 11.5. The first kappa shape index (κ1) is 16.7. The van der Waals surface area contributed by atoms with Crippen LogP contribution in [0.5, 0.6) is 0 Å². The zero-order valence-corrected chi connectivity index (χ0v) is 14.3. The largest absolute Gasteiger partial charge is 0.398 e. The fraction of sp³-hybridized carbons (Fsp3) is 0.222. The fourth-order valence-electron chi connectivity index (χ4n) is 2.43. The van der Waals surface area contributed by atoms with Crippen LogP contribution in [0.15, 0.2) is 43.0 Å². The highest BCUT2D eigenvalue weighted by Crippen LogP contribution is 2.36. The van der Waals surface area contributed by atoms with Crippen LogP contribution in [0.3, 0.4) is 0 Å². The molecule has 2 rings (SSSR count). The molecule has 0 amide bonds. The molecule has 22 heavy (non-hydrogen) atoms. The third-order valence-corrected chi connectivity index (χ3v) is 4.50. The van der Waals surface area contributed by atoms with Gasteiger partial charge in [-0.05, 0) is 52.8 Å². The third-order valence-electron chi connectivity index (χ3n) is 3.85. The second-order valence-corrected chi connectivity index (χ2v) is 6.95. The van der Waals surface area contributed by atoms with Gasteiger partial charge in [-0.15, -0.1) is 0 Å². The van der Waals surface area contributed by atoms with Gasteiger partial charge in [0.15, 0.2) is 0 Å². The van der Waals surface area contributed by atoms with Gasteiger partial charge in [-0.25, -0.2) is 0 Å². The summed E-state index contributed by atoms with van der Waals surface area (Å²) < 4.78 is 0. The van der Waals surface area contributed by atoms with Crippen LogP contribution in [0.25, 0.3) is 5.57 Å². The van der Waals surface area contributed by atoms with Crippen LogP contribution < -0.4 is 11.5 Å². The van der Waals surface area contributed by atoms with Crippen molar-refractivity contribution in [2.45, 2.75) is 25.7 Å². The van der Waals surface area contributed by atoms with Crippen molar-refractivity contribution < 1.29 is 0 Å². The summed E-state index contributed by atoms with van der Waals surface area (Å²) in [6.45, 7) is 8.49. The molecule has 116 valence electrons. The summed E-state index contributed by atoms with van der Waals surface area (Å²) in [5.41, 5.74) is 15.7. The zero-order valence-electron chi connectivity index (χ0n) is 12.8. The number of nitrogen functional groups attached to an aromatic ring is 2. The van der Waals surface area contributed by atoms with E-state index in [-0.39, 0.29) is 5.41 Å². The lowest BCUT2D eigenvalue weighted by molar-refractivity contribution is 0.542. The summed E-state index contributed by atoms with van der Waals surface area (Å²) in [6, 6.07) is 11.4. The average Bonchev–Trinajstić information content (AvgIpc) is 2.44. The Labute approximate surface area is 141 Å². The van der Waals surface area contributed by atoms with Gasteiger partial charge >= 0.3 is 0 Å². The van der Waals surface area contributed by atoms with Crippen molar-refractivity contribution in [2.24, 2.45) is 0 Å². The van der Waals surface area contributed by atoms with E-state index in [1.807, 2.05) is 30.3 Å². The van der Waals surface area contributed by atoms with Gasteiger partial charge < -0.3 is 11.5 Å². The molecule has 0 heterocycles. The molecule has 0 aliphatic carbocycles. The van der Waals surface area contributed by atoms with E-state index in [4.69, 9.17) is 34.7 Å². The van der Waals surface area contributed by atoms with E-state index < -0.39 is 0 Å². The lowest BCUT2D eigenvalue weighted by Gasteiger charge is -2.27. The SMILES string of the molecule is C=C(CC(C)(C)c1ccc(N)c(Cl)c1)c1ccc(N)c(Cl)c1. The smallest absolute Gasteiger partial charge is 0.0641 e. The van der Waals surface area contributed by atoms with Gasteiger partial charge in [-0.1, -0.05) is 55.8 Å². The lowest BCUT2D eigenvalue weighted by Crippen LogP contribution is -2.17.